The maximum Gasteiger partial charge on any atom is 0.352 e. The average Bonchev–Trinajstić information content (AvgIpc) is 3.10. The van der Waals surface area contributed by atoms with Crippen LogP contribution in [0.25, 0.3) is 0 Å². The van der Waals surface area contributed by atoms with E-state index in [1.165, 1.54) is 34.1 Å². The van der Waals surface area contributed by atoms with Gasteiger partial charge < -0.3 is 15.2 Å². The summed E-state index contributed by atoms with van der Waals surface area (Å²) in [6, 6.07) is 3.68. The largest absolute Gasteiger partial charge is 0.477 e. The van der Waals surface area contributed by atoms with Crippen molar-refractivity contribution < 1.29 is 24.2 Å². The van der Waals surface area contributed by atoms with Gasteiger partial charge in [0.15, 0.2) is 0 Å². The number of carboxylic acid groups (broad SMARTS) is 1. The third kappa shape index (κ3) is 3.06. The number of ether oxygens (including phenoxy) is 1. The molecule has 1 aromatic heterocycles. The third-order valence-corrected chi connectivity index (χ3v) is 6.43. The minimum absolute atomic E-state index is 0.0379. The molecule has 3 heterocycles. The van der Waals surface area contributed by atoms with Crippen molar-refractivity contribution in [1.82, 2.24) is 10.2 Å². The van der Waals surface area contributed by atoms with Gasteiger partial charge in [-0.1, -0.05) is 12.1 Å². The number of rotatable bonds is 7. The number of carbonyl (C=O) groups excluding carboxylic acids is 2. The Kier molecular flexibility index (Phi) is 5.22. The molecule has 0 radical (unpaired) electrons. The van der Waals surface area contributed by atoms with Gasteiger partial charge in [-0.15, -0.1) is 29.7 Å². The fourth-order valence-corrected chi connectivity index (χ4v) is 5.04. The summed E-state index contributed by atoms with van der Waals surface area (Å²) >= 11 is 2.81. The van der Waals surface area contributed by atoms with E-state index in [0.717, 1.165) is 4.88 Å². The molecule has 2 aliphatic heterocycles. The van der Waals surface area contributed by atoms with Crippen LogP contribution in [0.2, 0.25) is 0 Å². The fourth-order valence-electron chi connectivity index (χ4n) is 2.98. The van der Waals surface area contributed by atoms with Crippen LogP contribution in [0, 0.1) is 0 Å². The molecule has 2 atom stereocenters. The van der Waals surface area contributed by atoms with Gasteiger partial charge in [0, 0.05) is 10.6 Å². The van der Waals surface area contributed by atoms with Crippen LogP contribution in [-0.2, 0) is 25.5 Å². The molecule has 1 aromatic rings. The predicted octanol–water partition coefficient (Wildman–Crippen LogP) is 1.58. The van der Waals surface area contributed by atoms with Crippen molar-refractivity contribution in [3.05, 3.63) is 46.3 Å². The van der Waals surface area contributed by atoms with Gasteiger partial charge in [0.1, 0.15) is 11.1 Å². The summed E-state index contributed by atoms with van der Waals surface area (Å²) in [7, 11) is 0. The molecule has 0 aromatic carbocycles. The van der Waals surface area contributed by atoms with Gasteiger partial charge in [-0.25, -0.2) is 4.79 Å². The van der Waals surface area contributed by atoms with E-state index < -0.39 is 23.0 Å². The summed E-state index contributed by atoms with van der Waals surface area (Å²) in [4.78, 5) is 38.9. The van der Waals surface area contributed by atoms with E-state index in [1.807, 2.05) is 17.5 Å². The highest BCUT2D eigenvalue weighted by molar-refractivity contribution is 8.00. The predicted molar refractivity (Wildman–Crippen MR) is 98.5 cm³/mol. The number of amides is 2. The minimum Gasteiger partial charge on any atom is -0.477 e. The number of fused-ring (bicyclic) bond motifs is 1. The van der Waals surface area contributed by atoms with Gasteiger partial charge >= 0.3 is 5.97 Å². The van der Waals surface area contributed by atoms with Crippen molar-refractivity contribution in [2.75, 3.05) is 12.4 Å². The normalized spacial score (nSPS) is 24.7. The Bertz CT molecular complexity index is 789. The number of hydrogen-bond acceptors (Lipinski definition) is 6. The lowest BCUT2D eigenvalue weighted by molar-refractivity contribution is -0.196. The number of aliphatic carboxylic acids is 1. The topological polar surface area (TPSA) is 95.9 Å². The van der Waals surface area contributed by atoms with E-state index in [0.29, 0.717) is 11.3 Å². The summed E-state index contributed by atoms with van der Waals surface area (Å²) in [6.45, 7) is 5.31. The summed E-state index contributed by atoms with van der Waals surface area (Å²) in [5.74, 6) is -1.65. The van der Waals surface area contributed by atoms with Crippen LogP contribution in [0.3, 0.4) is 0 Å². The van der Waals surface area contributed by atoms with Gasteiger partial charge in [-0.2, -0.15) is 0 Å². The number of β-lactam (4-membered cyclic amide) rings is 1. The Morgan fingerprint density at radius 1 is 1.58 bits per heavy atom. The SMILES string of the molecule is C=CCOC1(NC(=O)Cc2cccs2)C(=O)N2C(C(=O)O)=C(C)CS[C@H]21. The van der Waals surface area contributed by atoms with Crippen LogP contribution in [0.4, 0.5) is 0 Å². The molecule has 0 spiro atoms. The summed E-state index contributed by atoms with van der Waals surface area (Å²) < 4.78 is 5.68. The Labute approximate surface area is 158 Å². The van der Waals surface area contributed by atoms with Gasteiger partial charge in [0.05, 0.1) is 13.0 Å². The van der Waals surface area contributed by atoms with E-state index in [4.69, 9.17) is 4.74 Å². The van der Waals surface area contributed by atoms with E-state index in [2.05, 4.69) is 11.9 Å². The molecule has 2 amide bonds. The first-order valence-electron chi connectivity index (χ1n) is 7.87. The molecule has 1 saturated heterocycles. The number of nitrogens with one attached hydrogen (secondary N) is 1. The van der Waals surface area contributed by atoms with Crippen LogP contribution >= 0.6 is 23.1 Å². The van der Waals surface area contributed by atoms with Crippen molar-refractivity contribution in [2.45, 2.75) is 24.4 Å². The van der Waals surface area contributed by atoms with E-state index in [-0.39, 0.29) is 24.6 Å². The zero-order chi connectivity index (χ0) is 18.9. The molecule has 138 valence electrons. The second kappa shape index (κ2) is 7.26. The van der Waals surface area contributed by atoms with E-state index >= 15 is 0 Å². The first kappa shape index (κ1) is 18.7. The van der Waals surface area contributed by atoms with Gasteiger partial charge in [-0.05, 0) is 23.9 Å². The van der Waals surface area contributed by atoms with Crippen molar-refractivity contribution in [1.29, 1.82) is 0 Å². The lowest BCUT2D eigenvalue weighted by Gasteiger charge is -2.56. The smallest absolute Gasteiger partial charge is 0.352 e. The van der Waals surface area contributed by atoms with Crippen molar-refractivity contribution in [3.8, 4) is 0 Å². The van der Waals surface area contributed by atoms with Crippen LogP contribution in [-0.4, -0.2) is 51.2 Å². The highest BCUT2D eigenvalue weighted by atomic mass is 32.2. The first-order chi connectivity index (χ1) is 12.4. The number of carbonyl (C=O) groups is 3. The third-order valence-electron chi connectivity index (χ3n) is 4.09. The van der Waals surface area contributed by atoms with Crippen LogP contribution in [0.15, 0.2) is 41.4 Å². The molecule has 2 aliphatic rings. The standard InChI is InChI=1S/C17H18N2O5S2/c1-3-6-24-17(18-12(20)8-11-5-4-7-25-11)15(23)19-13(14(21)22)10(2)9-26-16(17)19/h3-5,7,16H,1,6,8-9H2,2H3,(H,18,20)(H,21,22)/t16-,17?/m0/s1. The average molecular weight is 394 g/mol. The monoisotopic (exact) mass is 394 g/mol. The number of carboxylic acids is 1. The Morgan fingerprint density at radius 3 is 2.96 bits per heavy atom. The maximum absolute atomic E-state index is 12.9. The van der Waals surface area contributed by atoms with E-state index in [1.54, 1.807) is 6.92 Å². The summed E-state index contributed by atoms with van der Waals surface area (Å²) in [5, 5.41) is 13.4. The molecule has 1 unspecified atom stereocenters. The molecule has 0 saturated carbocycles. The zero-order valence-electron chi connectivity index (χ0n) is 14.1. The molecule has 2 N–H and O–H groups in total. The van der Waals surface area contributed by atoms with Crippen molar-refractivity contribution in [2.24, 2.45) is 0 Å². The molecule has 26 heavy (non-hydrogen) atoms. The number of thiophene rings is 1. The molecular formula is C17H18N2O5S2. The second-order valence-corrected chi connectivity index (χ2v) is 8.01. The van der Waals surface area contributed by atoms with E-state index in [9.17, 15) is 19.5 Å². The van der Waals surface area contributed by atoms with Crippen LogP contribution < -0.4 is 5.32 Å². The quantitative estimate of drug-likeness (QED) is 0.414. The van der Waals surface area contributed by atoms with Crippen LogP contribution in [0.1, 0.15) is 11.8 Å². The lowest BCUT2D eigenvalue weighted by Crippen LogP contribution is -2.81. The Morgan fingerprint density at radius 2 is 2.35 bits per heavy atom. The molecular weight excluding hydrogens is 376 g/mol. The highest BCUT2D eigenvalue weighted by Gasteiger charge is 2.66. The fraction of sp³-hybridized carbons (Fsp3) is 0.353. The van der Waals surface area contributed by atoms with Gasteiger partial charge in [-0.3, -0.25) is 14.5 Å². The van der Waals surface area contributed by atoms with Gasteiger partial charge in [0.25, 0.3) is 11.6 Å². The summed E-state index contributed by atoms with van der Waals surface area (Å²) in [6.07, 6.45) is 1.61. The summed E-state index contributed by atoms with van der Waals surface area (Å²) in [5.41, 5.74) is -1.01. The minimum atomic E-state index is -1.57. The first-order valence-corrected chi connectivity index (χ1v) is 9.80. The van der Waals surface area contributed by atoms with Crippen LogP contribution in [0.5, 0.6) is 0 Å². The second-order valence-electron chi connectivity index (χ2n) is 5.91. The molecule has 7 nitrogen and oxygen atoms in total. The Hall–Kier alpha value is -2.10. The lowest BCUT2D eigenvalue weighted by atomic mass is 9.98. The maximum atomic E-state index is 12.9. The number of thioether (sulfide) groups is 1. The molecule has 3 rings (SSSR count). The Balaban J connectivity index is 1.85. The zero-order valence-corrected chi connectivity index (χ0v) is 15.7. The highest BCUT2D eigenvalue weighted by Crippen LogP contribution is 2.46. The van der Waals surface area contributed by atoms with Crippen molar-refractivity contribution in [3.63, 3.8) is 0 Å². The number of nitrogens with zero attached hydrogens (tertiary/aromatic N) is 1. The molecule has 1 fully saturated rings. The van der Waals surface area contributed by atoms with Crippen molar-refractivity contribution >= 4 is 40.9 Å². The molecule has 0 bridgehead atoms. The number of hydrogen-bond donors (Lipinski definition) is 2. The molecule has 0 aliphatic carbocycles. The van der Waals surface area contributed by atoms with Gasteiger partial charge in [0.2, 0.25) is 5.91 Å². The molecule has 9 heteroatoms.